The topological polar surface area (TPSA) is 35.5 Å². The van der Waals surface area contributed by atoms with Gasteiger partial charge in [-0.3, -0.25) is 0 Å². The van der Waals surface area contributed by atoms with Crippen molar-refractivity contribution in [3.63, 3.8) is 0 Å². The Morgan fingerprint density at radius 2 is 2.12 bits per heavy atom. The lowest BCUT2D eigenvalue weighted by Gasteiger charge is -2.19. The summed E-state index contributed by atoms with van der Waals surface area (Å²) in [6, 6.07) is 8.78. The zero-order chi connectivity index (χ0) is 12.1. The molecule has 1 heterocycles. The third-order valence-electron chi connectivity index (χ3n) is 3.51. The molecule has 94 valence electrons. The van der Waals surface area contributed by atoms with Gasteiger partial charge in [0.15, 0.2) is 0 Å². The van der Waals surface area contributed by atoms with Gasteiger partial charge in [0.25, 0.3) is 0 Å². The molecule has 0 aliphatic carbocycles. The van der Waals surface area contributed by atoms with Gasteiger partial charge < -0.3 is 15.3 Å². The number of anilines is 1. The lowest BCUT2D eigenvalue weighted by Crippen LogP contribution is -2.19. The van der Waals surface area contributed by atoms with Crippen LogP contribution >= 0.6 is 0 Å². The van der Waals surface area contributed by atoms with Gasteiger partial charge in [-0.15, -0.1) is 0 Å². The van der Waals surface area contributed by atoms with Crippen molar-refractivity contribution in [3.8, 4) is 0 Å². The van der Waals surface area contributed by atoms with E-state index >= 15 is 0 Å². The summed E-state index contributed by atoms with van der Waals surface area (Å²) in [5.41, 5.74) is 2.63. The molecule has 1 atom stereocenters. The third kappa shape index (κ3) is 3.20. The Hall–Kier alpha value is -1.06. The second-order valence-corrected chi connectivity index (χ2v) is 4.81. The van der Waals surface area contributed by atoms with Gasteiger partial charge in [-0.2, -0.15) is 0 Å². The number of nitrogens with zero attached hydrogens (tertiary/aromatic N) is 1. The Kier molecular flexibility index (Phi) is 4.40. The van der Waals surface area contributed by atoms with E-state index in [-0.39, 0.29) is 0 Å². The average molecular weight is 234 g/mol. The van der Waals surface area contributed by atoms with E-state index in [1.165, 1.54) is 17.7 Å². The molecule has 2 N–H and O–H groups in total. The van der Waals surface area contributed by atoms with Crippen LogP contribution in [0.25, 0.3) is 0 Å². The van der Waals surface area contributed by atoms with Crippen molar-refractivity contribution in [1.82, 2.24) is 5.32 Å². The van der Waals surface area contributed by atoms with Crippen molar-refractivity contribution >= 4 is 5.69 Å². The summed E-state index contributed by atoms with van der Waals surface area (Å²) < 4.78 is 0. The standard InChI is InChI=1S/C14H22N2O/c1-15-10-12-2-4-14(5-3-12)16-8-6-13(11-16)7-9-17/h2-5,13,15,17H,6-11H2,1H3. The van der Waals surface area contributed by atoms with Gasteiger partial charge in [0, 0.05) is 31.9 Å². The van der Waals surface area contributed by atoms with Crippen LogP contribution in [0.3, 0.4) is 0 Å². The van der Waals surface area contributed by atoms with Gasteiger partial charge in [-0.25, -0.2) is 0 Å². The Morgan fingerprint density at radius 1 is 1.35 bits per heavy atom. The monoisotopic (exact) mass is 234 g/mol. The first-order valence-corrected chi connectivity index (χ1v) is 6.43. The highest BCUT2D eigenvalue weighted by atomic mass is 16.3. The van der Waals surface area contributed by atoms with E-state index in [0.717, 1.165) is 26.1 Å². The number of hydrogen-bond donors (Lipinski definition) is 2. The number of aliphatic hydroxyl groups excluding tert-OH is 1. The van der Waals surface area contributed by atoms with E-state index in [0.29, 0.717) is 12.5 Å². The maximum Gasteiger partial charge on any atom is 0.0434 e. The first-order valence-electron chi connectivity index (χ1n) is 6.43. The summed E-state index contributed by atoms with van der Waals surface area (Å²) in [5, 5.41) is 12.1. The van der Waals surface area contributed by atoms with Crippen LogP contribution in [-0.4, -0.2) is 31.9 Å². The van der Waals surface area contributed by atoms with Crippen LogP contribution in [0.2, 0.25) is 0 Å². The molecule has 1 aromatic rings. The second-order valence-electron chi connectivity index (χ2n) is 4.81. The van der Waals surface area contributed by atoms with E-state index in [2.05, 4.69) is 34.5 Å². The average Bonchev–Trinajstić information content (AvgIpc) is 2.80. The molecule has 0 aromatic heterocycles. The molecular formula is C14H22N2O. The number of nitrogens with one attached hydrogen (secondary N) is 1. The number of rotatable bonds is 5. The van der Waals surface area contributed by atoms with Crippen molar-refractivity contribution < 1.29 is 5.11 Å². The van der Waals surface area contributed by atoms with Gasteiger partial charge in [0.1, 0.15) is 0 Å². The first kappa shape index (κ1) is 12.4. The van der Waals surface area contributed by atoms with Crippen molar-refractivity contribution in [2.24, 2.45) is 5.92 Å². The zero-order valence-electron chi connectivity index (χ0n) is 10.5. The highest BCUT2D eigenvalue weighted by Crippen LogP contribution is 2.25. The molecule has 0 saturated carbocycles. The third-order valence-corrected chi connectivity index (χ3v) is 3.51. The van der Waals surface area contributed by atoms with Crippen LogP contribution in [-0.2, 0) is 6.54 Å². The summed E-state index contributed by atoms with van der Waals surface area (Å²) in [4.78, 5) is 2.42. The van der Waals surface area contributed by atoms with E-state index in [1.54, 1.807) is 0 Å². The molecule has 1 aromatic carbocycles. The predicted molar refractivity (Wildman–Crippen MR) is 71.2 cm³/mol. The van der Waals surface area contributed by atoms with E-state index in [4.69, 9.17) is 5.11 Å². The number of hydrogen-bond acceptors (Lipinski definition) is 3. The molecule has 3 nitrogen and oxygen atoms in total. The fraction of sp³-hybridized carbons (Fsp3) is 0.571. The largest absolute Gasteiger partial charge is 0.396 e. The smallest absolute Gasteiger partial charge is 0.0434 e. The van der Waals surface area contributed by atoms with E-state index in [1.807, 2.05) is 7.05 Å². The summed E-state index contributed by atoms with van der Waals surface area (Å²) in [6.07, 6.45) is 2.15. The summed E-state index contributed by atoms with van der Waals surface area (Å²) in [5.74, 6) is 0.664. The Labute approximate surface area is 103 Å². The molecule has 2 rings (SSSR count). The molecule has 1 saturated heterocycles. The molecule has 0 bridgehead atoms. The van der Waals surface area contributed by atoms with E-state index < -0.39 is 0 Å². The summed E-state index contributed by atoms with van der Waals surface area (Å²) in [6.45, 7) is 3.45. The van der Waals surface area contributed by atoms with Crippen molar-refractivity contribution in [1.29, 1.82) is 0 Å². The highest BCUT2D eigenvalue weighted by Gasteiger charge is 2.21. The van der Waals surface area contributed by atoms with Gasteiger partial charge in [0.2, 0.25) is 0 Å². The SMILES string of the molecule is CNCc1ccc(N2CCC(CCO)C2)cc1. The number of aliphatic hydroxyl groups is 1. The highest BCUT2D eigenvalue weighted by molar-refractivity contribution is 5.48. The van der Waals surface area contributed by atoms with Crippen LogP contribution in [0, 0.1) is 5.92 Å². The molecular weight excluding hydrogens is 212 g/mol. The van der Waals surface area contributed by atoms with Gasteiger partial charge in [0.05, 0.1) is 0 Å². The quantitative estimate of drug-likeness (QED) is 0.812. The van der Waals surface area contributed by atoms with Crippen molar-refractivity contribution in [2.45, 2.75) is 19.4 Å². The molecule has 1 aliphatic heterocycles. The van der Waals surface area contributed by atoms with Crippen LogP contribution in [0.5, 0.6) is 0 Å². The molecule has 0 spiro atoms. The Morgan fingerprint density at radius 3 is 2.76 bits per heavy atom. The van der Waals surface area contributed by atoms with Crippen molar-refractivity contribution in [2.75, 3.05) is 31.6 Å². The zero-order valence-corrected chi connectivity index (χ0v) is 10.5. The lowest BCUT2D eigenvalue weighted by molar-refractivity contribution is 0.263. The van der Waals surface area contributed by atoms with Crippen LogP contribution in [0.15, 0.2) is 24.3 Å². The predicted octanol–water partition coefficient (Wildman–Crippen LogP) is 1.61. The molecule has 0 radical (unpaired) electrons. The van der Waals surface area contributed by atoms with Crippen LogP contribution < -0.4 is 10.2 Å². The summed E-state index contributed by atoms with van der Waals surface area (Å²) >= 11 is 0. The fourth-order valence-electron chi connectivity index (χ4n) is 2.51. The molecule has 3 heteroatoms. The van der Waals surface area contributed by atoms with Crippen LogP contribution in [0.4, 0.5) is 5.69 Å². The van der Waals surface area contributed by atoms with Gasteiger partial charge >= 0.3 is 0 Å². The molecule has 1 fully saturated rings. The molecule has 1 aliphatic rings. The second kappa shape index (κ2) is 6.03. The molecule has 0 amide bonds. The van der Waals surface area contributed by atoms with Crippen LogP contribution in [0.1, 0.15) is 18.4 Å². The minimum atomic E-state index is 0.319. The van der Waals surface area contributed by atoms with Gasteiger partial charge in [-0.1, -0.05) is 12.1 Å². The Balaban J connectivity index is 1.94. The maximum atomic E-state index is 8.95. The van der Waals surface area contributed by atoms with E-state index in [9.17, 15) is 0 Å². The minimum Gasteiger partial charge on any atom is -0.396 e. The number of benzene rings is 1. The van der Waals surface area contributed by atoms with Gasteiger partial charge in [-0.05, 0) is 43.5 Å². The first-order chi connectivity index (χ1) is 8.33. The van der Waals surface area contributed by atoms with Crippen molar-refractivity contribution in [3.05, 3.63) is 29.8 Å². The Bertz CT molecular complexity index is 337. The maximum absolute atomic E-state index is 8.95. The normalized spacial score (nSPS) is 19.9. The fourth-order valence-corrected chi connectivity index (χ4v) is 2.51. The molecule has 17 heavy (non-hydrogen) atoms. The minimum absolute atomic E-state index is 0.319. The lowest BCUT2D eigenvalue weighted by atomic mass is 10.1. The summed E-state index contributed by atoms with van der Waals surface area (Å²) in [7, 11) is 1.97. The molecule has 1 unspecified atom stereocenters.